The Morgan fingerprint density at radius 3 is 2.52 bits per heavy atom. The predicted octanol–water partition coefficient (Wildman–Crippen LogP) is 3.57. The van der Waals surface area contributed by atoms with E-state index in [1.165, 1.54) is 12.5 Å². The van der Waals surface area contributed by atoms with Crippen LogP contribution in [0.2, 0.25) is 0 Å². The first-order chi connectivity index (χ1) is 13.3. The van der Waals surface area contributed by atoms with Crippen molar-refractivity contribution in [2.45, 2.75) is 0 Å². The summed E-state index contributed by atoms with van der Waals surface area (Å²) in [5.41, 5.74) is 1.75. The Morgan fingerprint density at radius 1 is 0.963 bits per heavy atom. The third-order valence-electron chi connectivity index (χ3n) is 3.61. The van der Waals surface area contributed by atoms with E-state index in [0.29, 0.717) is 34.3 Å². The maximum absolute atomic E-state index is 12.1. The molecule has 132 valence electrons. The van der Waals surface area contributed by atoms with Gasteiger partial charge in [-0.25, -0.2) is 9.97 Å². The van der Waals surface area contributed by atoms with Crippen molar-refractivity contribution < 1.29 is 14.1 Å². The minimum absolute atomic E-state index is 0.210. The number of nitrogens with zero attached hydrogens (tertiary/aromatic N) is 4. The van der Waals surface area contributed by atoms with E-state index in [-0.39, 0.29) is 5.91 Å². The molecule has 0 aliphatic rings. The summed E-state index contributed by atoms with van der Waals surface area (Å²) in [6, 6.07) is 13.6. The molecule has 0 saturated heterocycles. The number of rotatable bonds is 5. The van der Waals surface area contributed by atoms with E-state index in [0.717, 1.165) is 0 Å². The third kappa shape index (κ3) is 3.96. The van der Waals surface area contributed by atoms with Crippen molar-refractivity contribution in [1.82, 2.24) is 20.1 Å². The second-order valence-corrected chi connectivity index (χ2v) is 5.43. The van der Waals surface area contributed by atoms with E-state index in [4.69, 9.17) is 9.26 Å². The number of carbonyl (C=O) groups excluding carboxylic acids is 1. The Labute approximate surface area is 153 Å². The lowest BCUT2D eigenvalue weighted by atomic mass is 10.2. The molecule has 1 amide bonds. The molecular weight excluding hydrogens is 346 g/mol. The summed E-state index contributed by atoms with van der Waals surface area (Å²) in [5, 5.41) is 6.46. The number of hydrogen-bond acceptors (Lipinski definition) is 7. The SMILES string of the molecule is O=C(Nc1ccc(Oc2cc(-c3ccno3)ncn2)cc1)c1ccncc1. The highest BCUT2D eigenvalue weighted by Gasteiger charge is 2.08. The zero-order chi connectivity index (χ0) is 18.5. The van der Waals surface area contributed by atoms with E-state index in [1.54, 1.807) is 60.9 Å². The van der Waals surface area contributed by atoms with Gasteiger partial charge in [-0.15, -0.1) is 0 Å². The number of nitrogens with one attached hydrogen (secondary N) is 1. The van der Waals surface area contributed by atoms with Gasteiger partial charge in [0.2, 0.25) is 5.88 Å². The van der Waals surface area contributed by atoms with Gasteiger partial charge in [0.05, 0.1) is 6.20 Å². The van der Waals surface area contributed by atoms with Crippen molar-refractivity contribution >= 4 is 11.6 Å². The molecule has 4 aromatic rings. The molecule has 0 saturated carbocycles. The van der Waals surface area contributed by atoms with Gasteiger partial charge in [-0.05, 0) is 36.4 Å². The number of pyridine rings is 1. The van der Waals surface area contributed by atoms with E-state index in [2.05, 4.69) is 25.4 Å². The largest absolute Gasteiger partial charge is 0.439 e. The molecular formula is C19H13N5O3. The minimum Gasteiger partial charge on any atom is -0.439 e. The Bertz CT molecular complexity index is 1030. The van der Waals surface area contributed by atoms with Gasteiger partial charge in [-0.3, -0.25) is 9.78 Å². The Hall–Kier alpha value is -4.07. The van der Waals surface area contributed by atoms with Crippen LogP contribution in [0.4, 0.5) is 5.69 Å². The molecule has 8 heteroatoms. The normalized spacial score (nSPS) is 10.4. The number of anilines is 1. The summed E-state index contributed by atoms with van der Waals surface area (Å²) in [4.78, 5) is 24.2. The highest BCUT2D eigenvalue weighted by atomic mass is 16.5. The fourth-order valence-corrected chi connectivity index (χ4v) is 2.31. The monoisotopic (exact) mass is 359 g/mol. The van der Waals surface area contributed by atoms with Gasteiger partial charge >= 0.3 is 0 Å². The molecule has 27 heavy (non-hydrogen) atoms. The third-order valence-corrected chi connectivity index (χ3v) is 3.61. The molecule has 0 atom stereocenters. The molecule has 4 rings (SSSR count). The fourth-order valence-electron chi connectivity index (χ4n) is 2.31. The van der Waals surface area contributed by atoms with Crippen LogP contribution >= 0.6 is 0 Å². The van der Waals surface area contributed by atoms with Crippen LogP contribution in [0.3, 0.4) is 0 Å². The van der Waals surface area contributed by atoms with Crippen LogP contribution in [-0.2, 0) is 0 Å². The average Bonchev–Trinajstić information content (AvgIpc) is 3.25. The van der Waals surface area contributed by atoms with Crippen molar-refractivity contribution in [3.05, 3.63) is 79.0 Å². The lowest BCUT2D eigenvalue weighted by Gasteiger charge is -2.08. The van der Waals surface area contributed by atoms with Crippen LogP contribution in [0.5, 0.6) is 11.6 Å². The van der Waals surface area contributed by atoms with Crippen LogP contribution in [-0.4, -0.2) is 26.0 Å². The van der Waals surface area contributed by atoms with Crippen molar-refractivity contribution in [3.63, 3.8) is 0 Å². The summed E-state index contributed by atoms with van der Waals surface area (Å²) in [5.74, 6) is 1.25. The zero-order valence-electron chi connectivity index (χ0n) is 13.9. The van der Waals surface area contributed by atoms with E-state index >= 15 is 0 Å². The lowest BCUT2D eigenvalue weighted by Crippen LogP contribution is -2.11. The number of aromatic nitrogens is 4. The van der Waals surface area contributed by atoms with E-state index in [9.17, 15) is 4.79 Å². The van der Waals surface area contributed by atoms with E-state index in [1.807, 2.05) is 0 Å². The highest BCUT2D eigenvalue weighted by molar-refractivity contribution is 6.04. The summed E-state index contributed by atoms with van der Waals surface area (Å²) in [6.45, 7) is 0. The molecule has 3 aromatic heterocycles. The van der Waals surface area contributed by atoms with Gasteiger partial charge in [0.15, 0.2) is 5.76 Å². The number of carbonyl (C=O) groups is 1. The van der Waals surface area contributed by atoms with Crippen molar-refractivity contribution in [2.24, 2.45) is 0 Å². The van der Waals surface area contributed by atoms with Crippen LogP contribution in [0.1, 0.15) is 10.4 Å². The van der Waals surface area contributed by atoms with Gasteiger partial charge in [-0.1, -0.05) is 5.16 Å². The number of amides is 1. The average molecular weight is 359 g/mol. The van der Waals surface area contributed by atoms with Crippen molar-refractivity contribution in [1.29, 1.82) is 0 Å². The van der Waals surface area contributed by atoms with Gasteiger partial charge in [0.1, 0.15) is 17.8 Å². The number of ether oxygens (including phenoxy) is 1. The lowest BCUT2D eigenvalue weighted by molar-refractivity contribution is 0.102. The van der Waals surface area contributed by atoms with Gasteiger partial charge in [-0.2, -0.15) is 0 Å². The van der Waals surface area contributed by atoms with Crippen LogP contribution in [0.15, 0.2) is 78.0 Å². The predicted molar refractivity (Wildman–Crippen MR) is 96.2 cm³/mol. The molecule has 0 fully saturated rings. The number of benzene rings is 1. The second-order valence-electron chi connectivity index (χ2n) is 5.43. The summed E-state index contributed by atoms with van der Waals surface area (Å²) < 4.78 is 10.8. The summed E-state index contributed by atoms with van der Waals surface area (Å²) in [6.07, 6.45) is 6.06. The van der Waals surface area contributed by atoms with Crippen LogP contribution in [0.25, 0.3) is 11.5 Å². The molecule has 0 aliphatic heterocycles. The Kier molecular flexibility index (Phi) is 4.52. The van der Waals surface area contributed by atoms with Crippen LogP contribution < -0.4 is 10.1 Å². The molecule has 0 radical (unpaired) electrons. The standard InChI is InChI=1S/C19H13N5O3/c25-19(13-5-8-20-9-6-13)24-14-1-3-15(4-2-14)26-18-11-16(21-12-22-18)17-7-10-23-27-17/h1-12H,(H,24,25). The van der Waals surface area contributed by atoms with Gasteiger partial charge in [0, 0.05) is 35.8 Å². The smallest absolute Gasteiger partial charge is 0.255 e. The maximum Gasteiger partial charge on any atom is 0.255 e. The minimum atomic E-state index is -0.210. The van der Waals surface area contributed by atoms with E-state index < -0.39 is 0 Å². The molecule has 1 N–H and O–H groups in total. The molecule has 0 bridgehead atoms. The van der Waals surface area contributed by atoms with Crippen molar-refractivity contribution in [2.75, 3.05) is 5.32 Å². The summed E-state index contributed by atoms with van der Waals surface area (Å²) in [7, 11) is 0. The molecule has 1 aromatic carbocycles. The Balaban J connectivity index is 1.44. The molecule has 0 spiro atoms. The van der Waals surface area contributed by atoms with Gasteiger partial charge in [0.25, 0.3) is 5.91 Å². The quantitative estimate of drug-likeness (QED) is 0.581. The van der Waals surface area contributed by atoms with Gasteiger partial charge < -0.3 is 14.6 Å². The second kappa shape index (κ2) is 7.44. The zero-order valence-corrected chi connectivity index (χ0v) is 13.9. The Morgan fingerprint density at radius 2 is 1.78 bits per heavy atom. The molecule has 3 heterocycles. The molecule has 0 unspecified atom stereocenters. The first-order valence-electron chi connectivity index (χ1n) is 8.00. The van der Waals surface area contributed by atoms with Crippen molar-refractivity contribution in [3.8, 4) is 23.1 Å². The molecule has 8 nitrogen and oxygen atoms in total. The molecule has 0 aliphatic carbocycles. The maximum atomic E-state index is 12.1. The topological polar surface area (TPSA) is 103 Å². The number of hydrogen-bond donors (Lipinski definition) is 1. The first-order valence-corrected chi connectivity index (χ1v) is 8.00. The highest BCUT2D eigenvalue weighted by Crippen LogP contribution is 2.24. The summed E-state index contributed by atoms with van der Waals surface area (Å²) >= 11 is 0. The first kappa shape index (κ1) is 16.4. The fraction of sp³-hybridized carbons (Fsp3) is 0. The van der Waals surface area contributed by atoms with Crippen LogP contribution in [0, 0.1) is 0 Å².